The number of anilines is 1. The Morgan fingerprint density at radius 2 is 2.09 bits per heavy atom. The molecule has 1 N–H and O–H groups in total. The van der Waals surface area contributed by atoms with Crippen LogP contribution in [0.2, 0.25) is 5.15 Å². The predicted octanol–water partition coefficient (Wildman–Crippen LogP) is 3.46. The Labute approximate surface area is 136 Å². The molecule has 0 saturated carbocycles. The summed E-state index contributed by atoms with van der Waals surface area (Å²) in [5.74, 6) is 0.536. The molecule has 1 aliphatic heterocycles. The Morgan fingerprint density at radius 3 is 2.55 bits per heavy atom. The van der Waals surface area contributed by atoms with E-state index in [1.165, 1.54) is 0 Å². The highest BCUT2D eigenvalue weighted by molar-refractivity contribution is 6.31. The molecule has 116 valence electrons. The smallest absolute Gasteiger partial charge is 0.232 e. The Balaban J connectivity index is 2.43. The number of nitriles is 1. The molecule has 6 heteroatoms. The zero-order chi connectivity index (χ0) is 16.3. The number of halogens is 1. The van der Waals surface area contributed by atoms with Gasteiger partial charge in [0.25, 0.3) is 0 Å². The maximum Gasteiger partial charge on any atom is 0.232 e. The van der Waals surface area contributed by atoms with E-state index in [-0.39, 0.29) is 5.15 Å². The van der Waals surface area contributed by atoms with Gasteiger partial charge in [-0.25, -0.2) is 9.83 Å². The molecule has 1 saturated heterocycles. The van der Waals surface area contributed by atoms with Crippen LogP contribution in [0.5, 0.6) is 0 Å². The monoisotopic (exact) mass is 318 g/mol. The summed E-state index contributed by atoms with van der Waals surface area (Å²) >= 11 is 6.13. The second-order valence-electron chi connectivity index (χ2n) is 5.57. The minimum Gasteiger partial charge on any atom is -0.390 e. The van der Waals surface area contributed by atoms with E-state index in [9.17, 15) is 10.4 Å². The van der Waals surface area contributed by atoms with Crippen molar-refractivity contribution < 1.29 is 5.11 Å². The van der Waals surface area contributed by atoms with Crippen LogP contribution in [0.3, 0.4) is 0 Å². The lowest BCUT2D eigenvalue weighted by Crippen LogP contribution is -2.44. The van der Waals surface area contributed by atoms with Gasteiger partial charge in [-0.3, -0.25) is 0 Å². The standard InChI is InChI=1S/C16H19ClN4O/c1-4-11-12(10-18)14(17)20-15(13(11)19-3)21-8-6-16(22,5-2)7-9-21/h22H,4-9H2,1-2H3. The molecule has 0 atom stereocenters. The fourth-order valence-electron chi connectivity index (χ4n) is 2.86. The molecule has 0 amide bonds. The highest BCUT2D eigenvalue weighted by atomic mass is 35.5. The van der Waals surface area contributed by atoms with Gasteiger partial charge in [-0.05, 0) is 31.2 Å². The predicted molar refractivity (Wildman–Crippen MR) is 86.3 cm³/mol. The summed E-state index contributed by atoms with van der Waals surface area (Å²) in [6.45, 7) is 12.6. The number of hydrogen-bond donors (Lipinski definition) is 1. The van der Waals surface area contributed by atoms with Gasteiger partial charge in [-0.2, -0.15) is 5.26 Å². The van der Waals surface area contributed by atoms with Crippen molar-refractivity contribution in [3.8, 4) is 6.07 Å². The van der Waals surface area contributed by atoms with Crippen LogP contribution in [0.15, 0.2) is 0 Å². The minimum atomic E-state index is -0.626. The second-order valence-corrected chi connectivity index (χ2v) is 5.93. The molecule has 0 spiro atoms. The fourth-order valence-corrected chi connectivity index (χ4v) is 3.10. The number of rotatable bonds is 3. The lowest BCUT2D eigenvalue weighted by atomic mass is 9.89. The number of aliphatic hydroxyl groups is 1. The molecule has 1 fully saturated rings. The van der Waals surface area contributed by atoms with E-state index in [0.717, 1.165) is 6.42 Å². The van der Waals surface area contributed by atoms with E-state index in [1.807, 2.05) is 24.8 Å². The number of piperidine rings is 1. The fraction of sp³-hybridized carbons (Fsp3) is 0.562. The number of pyridine rings is 1. The Bertz CT molecular complexity index is 652. The van der Waals surface area contributed by atoms with Crippen LogP contribution in [0.1, 0.15) is 44.2 Å². The third kappa shape index (κ3) is 2.88. The summed E-state index contributed by atoms with van der Waals surface area (Å²) in [7, 11) is 0. The lowest BCUT2D eigenvalue weighted by molar-refractivity contribution is 0.0125. The SMILES string of the molecule is [C-]#[N+]c1c(N2CCC(O)(CC)CC2)nc(Cl)c(C#N)c1CC. The van der Waals surface area contributed by atoms with Crippen LogP contribution in [0, 0.1) is 17.9 Å². The summed E-state index contributed by atoms with van der Waals surface area (Å²) in [6, 6.07) is 2.05. The molecule has 1 aromatic heterocycles. The van der Waals surface area contributed by atoms with Gasteiger partial charge < -0.3 is 10.0 Å². The molecule has 2 rings (SSSR count). The first-order chi connectivity index (χ1) is 10.5. The van der Waals surface area contributed by atoms with Crippen molar-refractivity contribution in [2.24, 2.45) is 0 Å². The zero-order valence-corrected chi connectivity index (χ0v) is 13.6. The molecule has 1 aliphatic rings. The largest absolute Gasteiger partial charge is 0.390 e. The molecule has 1 aromatic rings. The van der Waals surface area contributed by atoms with Gasteiger partial charge in [-0.1, -0.05) is 25.4 Å². The summed E-state index contributed by atoms with van der Waals surface area (Å²) in [5.41, 5.74) is 0.730. The van der Waals surface area contributed by atoms with E-state index < -0.39 is 5.60 Å². The van der Waals surface area contributed by atoms with Crippen LogP contribution < -0.4 is 4.90 Å². The Hall–Kier alpha value is -1.82. The average molecular weight is 319 g/mol. The van der Waals surface area contributed by atoms with Crippen molar-refractivity contribution in [2.45, 2.75) is 45.1 Å². The molecule has 5 nitrogen and oxygen atoms in total. The van der Waals surface area contributed by atoms with E-state index in [2.05, 4.69) is 9.83 Å². The summed E-state index contributed by atoms with van der Waals surface area (Å²) in [6.07, 6.45) is 2.56. The topological polar surface area (TPSA) is 64.5 Å². The molecule has 22 heavy (non-hydrogen) atoms. The number of hydrogen-bond acceptors (Lipinski definition) is 4. The van der Waals surface area contributed by atoms with E-state index in [1.54, 1.807) is 0 Å². The first kappa shape index (κ1) is 16.5. The van der Waals surface area contributed by atoms with Crippen molar-refractivity contribution >= 4 is 23.1 Å². The third-order valence-corrected chi connectivity index (χ3v) is 4.71. The zero-order valence-electron chi connectivity index (χ0n) is 12.9. The number of nitrogens with zero attached hydrogens (tertiary/aromatic N) is 4. The first-order valence-electron chi connectivity index (χ1n) is 7.47. The van der Waals surface area contributed by atoms with E-state index in [4.69, 9.17) is 18.2 Å². The highest BCUT2D eigenvalue weighted by Crippen LogP contribution is 2.38. The Morgan fingerprint density at radius 1 is 1.45 bits per heavy atom. The van der Waals surface area contributed by atoms with Crippen LogP contribution in [-0.2, 0) is 6.42 Å². The van der Waals surface area contributed by atoms with Gasteiger partial charge in [0.05, 0.1) is 17.7 Å². The molecule has 0 aliphatic carbocycles. The van der Waals surface area contributed by atoms with Gasteiger partial charge in [0.2, 0.25) is 5.69 Å². The Kier molecular flexibility index (Phi) is 4.90. The highest BCUT2D eigenvalue weighted by Gasteiger charge is 2.32. The summed E-state index contributed by atoms with van der Waals surface area (Å²) in [5, 5.41) is 19.7. The molecule has 0 aromatic carbocycles. The molecule has 0 unspecified atom stereocenters. The van der Waals surface area contributed by atoms with Crippen LogP contribution in [0.4, 0.5) is 11.5 Å². The van der Waals surface area contributed by atoms with Crippen LogP contribution in [0.25, 0.3) is 4.85 Å². The second kappa shape index (κ2) is 6.52. The van der Waals surface area contributed by atoms with Crippen molar-refractivity contribution in [1.29, 1.82) is 5.26 Å². The molecular weight excluding hydrogens is 300 g/mol. The molecule has 0 radical (unpaired) electrons. The van der Waals surface area contributed by atoms with E-state index >= 15 is 0 Å². The normalized spacial score (nSPS) is 16.9. The molecule has 2 heterocycles. The van der Waals surface area contributed by atoms with Gasteiger partial charge in [0, 0.05) is 13.1 Å². The lowest BCUT2D eigenvalue weighted by Gasteiger charge is -2.39. The summed E-state index contributed by atoms with van der Waals surface area (Å²) in [4.78, 5) is 9.88. The molecule has 0 bridgehead atoms. The minimum absolute atomic E-state index is 0.151. The van der Waals surface area contributed by atoms with E-state index in [0.29, 0.717) is 55.0 Å². The third-order valence-electron chi connectivity index (χ3n) is 4.44. The van der Waals surface area contributed by atoms with Crippen molar-refractivity contribution in [2.75, 3.05) is 18.0 Å². The van der Waals surface area contributed by atoms with Gasteiger partial charge in [-0.15, -0.1) is 0 Å². The summed E-state index contributed by atoms with van der Waals surface area (Å²) < 4.78 is 0. The quantitative estimate of drug-likeness (QED) is 0.684. The maximum absolute atomic E-state index is 10.3. The van der Waals surface area contributed by atoms with Crippen molar-refractivity contribution in [3.05, 3.63) is 27.7 Å². The average Bonchev–Trinajstić information content (AvgIpc) is 2.54. The van der Waals surface area contributed by atoms with Gasteiger partial charge in [0.1, 0.15) is 17.0 Å². The maximum atomic E-state index is 10.3. The van der Waals surface area contributed by atoms with Gasteiger partial charge >= 0.3 is 0 Å². The van der Waals surface area contributed by atoms with Gasteiger partial charge in [0.15, 0.2) is 0 Å². The molecular formula is C16H19ClN4O. The van der Waals surface area contributed by atoms with Crippen LogP contribution in [-0.4, -0.2) is 28.8 Å². The van der Waals surface area contributed by atoms with Crippen LogP contribution >= 0.6 is 11.6 Å². The first-order valence-corrected chi connectivity index (χ1v) is 7.84. The number of aromatic nitrogens is 1. The van der Waals surface area contributed by atoms with Crippen molar-refractivity contribution in [1.82, 2.24) is 4.98 Å². The van der Waals surface area contributed by atoms with Crippen molar-refractivity contribution in [3.63, 3.8) is 0 Å².